The maximum atomic E-state index is 12.2. The lowest BCUT2D eigenvalue weighted by Crippen LogP contribution is -2.56. The highest BCUT2D eigenvalue weighted by atomic mass is 16.6. The molecule has 4 aliphatic rings. The molecule has 0 bridgehead atoms. The van der Waals surface area contributed by atoms with Crippen molar-refractivity contribution < 1.29 is 24.2 Å². The van der Waals surface area contributed by atoms with Crippen LogP contribution in [0.25, 0.3) is 0 Å². The van der Waals surface area contributed by atoms with Crippen LogP contribution < -0.4 is 0 Å². The third kappa shape index (κ3) is 1.18. The molecule has 1 N–H and O–H groups in total. The van der Waals surface area contributed by atoms with Gasteiger partial charge in [-0.1, -0.05) is 19.9 Å². The van der Waals surface area contributed by atoms with Crippen molar-refractivity contribution in [3.8, 4) is 0 Å². The van der Waals surface area contributed by atoms with Gasteiger partial charge in [0.05, 0.1) is 13.2 Å². The summed E-state index contributed by atoms with van der Waals surface area (Å²) in [5.41, 5.74) is -0.783. The van der Waals surface area contributed by atoms with Crippen LogP contribution in [0, 0.1) is 22.7 Å². The number of epoxide rings is 1. The molecule has 0 radical (unpaired) electrons. The summed E-state index contributed by atoms with van der Waals surface area (Å²) < 4.78 is 10.8. The van der Waals surface area contributed by atoms with Crippen molar-refractivity contribution >= 4 is 11.9 Å². The number of hydrogen-bond donors (Lipinski definition) is 1. The fourth-order valence-corrected chi connectivity index (χ4v) is 5.08. The Morgan fingerprint density at radius 1 is 1.45 bits per heavy atom. The molecule has 4 rings (SSSR count). The van der Waals surface area contributed by atoms with E-state index in [1.807, 2.05) is 6.08 Å². The number of allylic oxidation sites excluding steroid dienone is 1. The molecule has 108 valence electrons. The molecule has 0 aromatic carbocycles. The second kappa shape index (κ2) is 3.27. The number of esters is 1. The van der Waals surface area contributed by atoms with Crippen molar-refractivity contribution in [2.75, 3.05) is 13.2 Å². The molecule has 2 heterocycles. The Labute approximate surface area is 116 Å². The van der Waals surface area contributed by atoms with Crippen LogP contribution in [0.15, 0.2) is 11.6 Å². The number of cyclic esters (lactones) is 1. The third-order valence-corrected chi connectivity index (χ3v) is 5.73. The molecule has 20 heavy (non-hydrogen) atoms. The molecule has 3 fully saturated rings. The minimum Gasteiger partial charge on any atom is -0.478 e. The van der Waals surface area contributed by atoms with E-state index in [9.17, 15) is 14.7 Å². The molecular weight excluding hydrogens is 260 g/mol. The van der Waals surface area contributed by atoms with Crippen LogP contribution in [0.5, 0.6) is 0 Å². The Bertz CT molecular complexity index is 557. The zero-order chi connectivity index (χ0) is 14.3. The van der Waals surface area contributed by atoms with Gasteiger partial charge in [-0.2, -0.15) is 0 Å². The SMILES string of the molecule is CC1(C)C[C@H]2C=C(C(=O)O)[C@H]3COC(=O)[C@@]4(CO4)[C@@]23C1. The Morgan fingerprint density at radius 2 is 2.15 bits per heavy atom. The first-order chi connectivity index (χ1) is 9.32. The van der Waals surface area contributed by atoms with Crippen LogP contribution in [-0.2, 0) is 19.1 Å². The molecule has 0 amide bonds. The number of carboxylic acids is 1. The van der Waals surface area contributed by atoms with E-state index in [1.54, 1.807) is 0 Å². The van der Waals surface area contributed by atoms with Gasteiger partial charge in [0, 0.05) is 16.9 Å². The summed E-state index contributed by atoms with van der Waals surface area (Å²) in [5, 5.41) is 9.44. The van der Waals surface area contributed by atoms with E-state index >= 15 is 0 Å². The van der Waals surface area contributed by atoms with E-state index < -0.39 is 17.0 Å². The summed E-state index contributed by atoms with van der Waals surface area (Å²) >= 11 is 0. The fraction of sp³-hybridized carbons (Fsp3) is 0.733. The number of carbonyl (C=O) groups excluding carboxylic acids is 1. The second-order valence-electron chi connectivity index (χ2n) is 7.39. The van der Waals surface area contributed by atoms with Gasteiger partial charge < -0.3 is 14.6 Å². The average molecular weight is 278 g/mol. The topological polar surface area (TPSA) is 76.1 Å². The largest absolute Gasteiger partial charge is 0.478 e. The lowest BCUT2D eigenvalue weighted by molar-refractivity contribution is -0.174. The van der Waals surface area contributed by atoms with Gasteiger partial charge in [0.2, 0.25) is 0 Å². The van der Waals surface area contributed by atoms with Gasteiger partial charge in [0.25, 0.3) is 0 Å². The summed E-state index contributed by atoms with van der Waals surface area (Å²) in [4.78, 5) is 23.7. The van der Waals surface area contributed by atoms with Gasteiger partial charge in [-0.05, 0) is 24.2 Å². The normalized spacial score (nSPS) is 47.5. The molecular formula is C15H18O5. The molecule has 0 aromatic rings. The molecule has 1 saturated carbocycles. The molecule has 0 unspecified atom stereocenters. The first-order valence-electron chi connectivity index (χ1n) is 7.09. The molecule has 2 aliphatic heterocycles. The predicted molar refractivity (Wildman–Crippen MR) is 67.8 cm³/mol. The van der Waals surface area contributed by atoms with Crippen LogP contribution >= 0.6 is 0 Å². The Kier molecular flexibility index (Phi) is 2.03. The van der Waals surface area contributed by atoms with E-state index in [-0.39, 0.29) is 29.8 Å². The number of rotatable bonds is 1. The van der Waals surface area contributed by atoms with Crippen molar-refractivity contribution in [1.29, 1.82) is 0 Å². The number of aliphatic carboxylic acids is 1. The first kappa shape index (κ1) is 12.4. The summed E-state index contributed by atoms with van der Waals surface area (Å²) in [6.45, 7) is 4.91. The smallest absolute Gasteiger partial charge is 0.341 e. The molecule has 2 aliphatic carbocycles. The zero-order valence-electron chi connectivity index (χ0n) is 11.6. The Balaban J connectivity index is 1.88. The van der Waals surface area contributed by atoms with Gasteiger partial charge in [-0.15, -0.1) is 0 Å². The second-order valence-corrected chi connectivity index (χ2v) is 7.39. The molecule has 2 saturated heterocycles. The highest BCUT2D eigenvalue weighted by molar-refractivity contribution is 5.92. The maximum absolute atomic E-state index is 12.2. The summed E-state index contributed by atoms with van der Waals surface area (Å²) in [5.74, 6) is -1.32. The van der Waals surface area contributed by atoms with Crippen molar-refractivity contribution in [1.82, 2.24) is 0 Å². The van der Waals surface area contributed by atoms with Crippen LogP contribution in [-0.4, -0.2) is 35.9 Å². The molecule has 4 atom stereocenters. The lowest BCUT2D eigenvalue weighted by Gasteiger charge is -2.44. The third-order valence-electron chi connectivity index (χ3n) is 5.73. The first-order valence-corrected chi connectivity index (χ1v) is 7.09. The van der Waals surface area contributed by atoms with E-state index in [1.165, 1.54) is 0 Å². The van der Waals surface area contributed by atoms with Gasteiger partial charge in [-0.25, -0.2) is 9.59 Å². The zero-order valence-corrected chi connectivity index (χ0v) is 11.6. The van der Waals surface area contributed by atoms with Gasteiger partial charge in [0.15, 0.2) is 5.60 Å². The van der Waals surface area contributed by atoms with E-state index in [4.69, 9.17) is 9.47 Å². The molecule has 5 heteroatoms. The minimum atomic E-state index is -0.893. The van der Waals surface area contributed by atoms with Gasteiger partial charge >= 0.3 is 11.9 Å². The highest BCUT2D eigenvalue weighted by Gasteiger charge is 2.79. The van der Waals surface area contributed by atoms with E-state index in [2.05, 4.69) is 13.8 Å². The van der Waals surface area contributed by atoms with Crippen molar-refractivity contribution in [2.24, 2.45) is 22.7 Å². The number of hydrogen-bond acceptors (Lipinski definition) is 4. The fourth-order valence-electron chi connectivity index (χ4n) is 5.08. The van der Waals surface area contributed by atoms with Gasteiger partial charge in [-0.3, -0.25) is 0 Å². The van der Waals surface area contributed by atoms with Crippen molar-refractivity contribution in [3.63, 3.8) is 0 Å². The standard InChI is InChI=1S/C15H18O5/c1-13(2)4-8-3-9(11(16)17)10-5-19-12(18)15(7-20-15)14(8,10)6-13/h3,8,10H,4-7H2,1-2H3,(H,16,17)/t8-,10-,14+,15+/m1/s1. The minimum absolute atomic E-state index is 0.0972. The summed E-state index contributed by atoms with van der Waals surface area (Å²) in [6, 6.07) is 0. The Morgan fingerprint density at radius 3 is 2.75 bits per heavy atom. The van der Waals surface area contributed by atoms with Gasteiger partial charge in [0.1, 0.15) is 0 Å². The predicted octanol–water partition coefficient (Wildman–Crippen LogP) is 1.38. The summed E-state index contributed by atoms with van der Waals surface area (Å²) in [6.07, 6.45) is 3.59. The van der Waals surface area contributed by atoms with Crippen LogP contribution in [0.2, 0.25) is 0 Å². The van der Waals surface area contributed by atoms with Crippen molar-refractivity contribution in [2.45, 2.75) is 32.3 Å². The van der Waals surface area contributed by atoms with Crippen LogP contribution in [0.4, 0.5) is 0 Å². The monoisotopic (exact) mass is 278 g/mol. The molecule has 2 spiro atoms. The highest BCUT2D eigenvalue weighted by Crippen LogP contribution is 2.71. The number of carboxylic acid groups (broad SMARTS) is 1. The van der Waals surface area contributed by atoms with E-state index in [0.29, 0.717) is 12.2 Å². The quantitative estimate of drug-likeness (QED) is 0.579. The van der Waals surface area contributed by atoms with Crippen LogP contribution in [0.3, 0.4) is 0 Å². The lowest BCUT2D eigenvalue weighted by atomic mass is 9.61. The number of ether oxygens (including phenoxy) is 2. The molecule has 5 nitrogen and oxygen atoms in total. The average Bonchev–Trinajstić information content (AvgIpc) is 3.01. The van der Waals surface area contributed by atoms with Crippen molar-refractivity contribution in [3.05, 3.63) is 11.6 Å². The van der Waals surface area contributed by atoms with E-state index in [0.717, 1.165) is 12.8 Å². The Hall–Kier alpha value is -1.36. The maximum Gasteiger partial charge on any atom is 0.341 e. The summed E-state index contributed by atoms with van der Waals surface area (Å²) in [7, 11) is 0. The van der Waals surface area contributed by atoms with Crippen LogP contribution in [0.1, 0.15) is 26.7 Å². The molecule has 0 aromatic heterocycles. The number of carbonyl (C=O) groups is 2.